The van der Waals surface area contributed by atoms with E-state index in [4.69, 9.17) is 0 Å². The molecule has 8 heteroatoms. The standard InChI is InChI=1S/C20H22N6O2/c1-24-19(28)15-7-3-9-21-18(15)22-20(24)25-10-4-6-14(25)12-26-17(27)11-13-5-2-8-16(13)23-26/h3,7,9,11,14H,2,4-6,8,10,12H2,1H3. The molecule has 1 fully saturated rings. The summed E-state index contributed by atoms with van der Waals surface area (Å²) in [6, 6.07) is 5.30. The minimum atomic E-state index is -0.105. The Morgan fingerprint density at radius 3 is 3.00 bits per heavy atom. The first-order valence-corrected chi connectivity index (χ1v) is 9.80. The summed E-state index contributed by atoms with van der Waals surface area (Å²) in [5, 5.41) is 5.13. The Hall–Kier alpha value is -3.03. The van der Waals surface area contributed by atoms with E-state index in [1.54, 1.807) is 40.7 Å². The molecule has 0 amide bonds. The smallest absolute Gasteiger partial charge is 0.267 e. The minimum Gasteiger partial charge on any atom is -0.337 e. The lowest BCUT2D eigenvalue weighted by atomic mass is 10.2. The largest absolute Gasteiger partial charge is 0.337 e. The van der Waals surface area contributed by atoms with Crippen molar-refractivity contribution in [3.8, 4) is 0 Å². The average Bonchev–Trinajstić information content (AvgIpc) is 3.34. The summed E-state index contributed by atoms with van der Waals surface area (Å²) >= 11 is 0. The summed E-state index contributed by atoms with van der Waals surface area (Å²) in [7, 11) is 1.74. The fraction of sp³-hybridized carbons (Fsp3) is 0.450. The van der Waals surface area contributed by atoms with Crippen LogP contribution in [0.1, 0.15) is 30.5 Å². The van der Waals surface area contributed by atoms with E-state index < -0.39 is 0 Å². The van der Waals surface area contributed by atoms with Crippen molar-refractivity contribution in [3.63, 3.8) is 0 Å². The molecule has 8 nitrogen and oxygen atoms in total. The summed E-state index contributed by atoms with van der Waals surface area (Å²) in [5.41, 5.74) is 2.44. The molecule has 1 unspecified atom stereocenters. The monoisotopic (exact) mass is 378 g/mol. The molecule has 1 atom stereocenters. The second kappa shape index (κ2) is 6.54. The summed E-state index contributed by atoms with van der Waals surface area (Å²) in [4.78, 5) is 36.3. The van der Waals surface area contributed by atoms with Crippen LogP contribution < -0.4 is 16.0 Å². The molecular weight excluding hydrogens is 356 g/mol. The molecule has 28 heavy (non-hydrogen) atoms. The third-order valence-corrected chi connectivity index (χ3v) is 5.87. The average molecular weight is 378 g/mol. The molecule has 0 saturated carbocycles. The van der Waals surface area contributed by atoms with Crippen molar-refractivity contribution in [2.45, 2.75) is 44.7 Å². The lowest BCUT2D eigenvalue weighted by Gasteiger charge is -2.27. The molecule has 3 aromatic rings. The number of fused-ring (bicyclic) bond motifs is 2. The van der Waals surface area contributed by atoms with Gasteiger partial charge in [-0.05, 0) is 49.8 Å². The van der Waals surface area contributed by atoms with Crippen LogP contribution >= 0.6 is 0 Å². The van der Waals surface area contributed by atoms with E-state index in [1.807, 2.05) is 0 Å². The molecule has 1 saturated heterocycles. The van der Waals surface area contributed by atoms with Crippen LogP contribution in [0.25, 0.3) is 11.0 Å². The summed E-state index contributed by atoms with van der Waals surface area (Å²) in [6.07, 6.45) is 6.52. The Morgan fingerprint density at radius 2 is 2.11 bits per heavy atom. The van der Waals surface area contributed by atoms with Crippen LogP contribution in [-0.2, 0) is 26.4 Å². The number of aryl methyl sites for hydroxylation is 2. The Balaban J connectivity index is 1.52. The SMILES string of the molecule is Cn1c(N2CCCC2Cn2nc3c(cc2=O)CCC3)nc2ncccc2c1=O. The summed E-state index contributed by atoms with van der Waals surface area (Å²) in [5.74, 6) is 0.605. The molecule has 0 radical (unpaired) electrons. The molecule has 0 spiro atoms. The molecule has 2 aliphatic rings. The minimum absolute atomic E-state index is 0.0467. The van der Waals surface area contributed by atoms with E-state index in [9.17, 15) is 9.59 Å². The highest BCUT2D eigenvalue weighted by atomic mass is 16.1. The Kier molecular flexibility index (Phi) is 3.99. The lowest BCUT2D eigenvalue weighted by molar-refractivity contribution is 0.477. The molecule has 5 rings (SSSR count). The number of nitrogens with zero attached hydrogens (tertiary/aromatic N) is 6. The fourth-order valence-corrected chi connectivity index (χ4v) is 4.41. The van der Waals surface area contributed by atoms with E-state index in [2.05, 4.69) is 20.0 Å². The number of pyridine rings is 1. The summed E-state index contributed by atoms with van der Waals surface area (Å²) < 4.78 is 3.17. The second-order valence-electron chi connectivity index (χ2n) is 7.63. The Labute approximate surface area is 161 Å². The van der Waals surface area contributed by atoms with Gasteiger partial charge in [-0.1, -0.05) is 0 Å². The number of anilines is 1. The van der Waals surface area contributed by atoms with Crippen LogP contribution in [0.5, 0.6) is 0 Å². The highest BCUT2D eigenvalue weighted by Gasteiger charge is 2.29. The van der Waals surface area contributed by atoms with Gasteiger partial charge in [-0.2, -0.15) is 10.1 Å². The van der Waals surface area contributed by atoms with Gasteiger partial charge in [0.05, 0.1) is 23.7 Å². The van der Waals surface area contributed by atoms with Crippen molar-refractivity contribution >= 4 is 17.0 Å². The zero-order chi connectivity index (χ0) is 19.3. The first-order valence-electron chi connectivity index (χ1n) is 9.80. The lowest BCUT2D eigenvalue weighted by Crippen LogP contribution is -2.40. The van der Waals surface area contributed by atoms with E-state index in [0.717, 1.165) is 49.9 Å². The number of hydrogen-bond donors (Lipinski definition) is 0. The first-order chi connectivity index (χ1) is 13.6. The maximum Gasteiger partial charge on any atom is 0.267 e. The molecule has 0 bridgehead atoms. The topological polar surface area (TPSA) is 85.9 Å². The molecule has 1 aliphatic heterocycles. The fourth-order valence-electron chi connectivity index (χ4n) is 4.41. The van der Waals surface area contributed by atoms with Gasteiger partial charge in [-0.25, -0.2) is 9.67 Å². The molecule has 0 N–H and O–H groups in total. The van der Waals surface area contributed by atoms with Gasteiger partial charge >= 0.3 is 0 Å². The third-order valence-electron chi connectivity index (χ3n) is 5.87. The van der Waals surface area contributed by atoms with Crippen molar-refractivity contribution in [2.75, 3.05) is 11.4 Å². The predicted molar refractivity (Wildman–Crippen MR) is 106 cm³/mol. The van der Waals surface area contributed by atoms with Crippen molar-refractivity contribution in [1.82, 2.24) is 24.3 Å². The number of hydrogen-bond acceptors (Lipinski definition) is 6. The van der Waals surface area contributed by atoms with Gasteiger partial charge in [0.2, 0.25) is 5.95 Å². The van der Waals surface area contributed by atoms with Gasteiger partial charge in [0.15, 0.2) is 5.65 Å². The predicted octanol–water partition coefficient (Wildman–Crippen LogP) is 1.04. The van der Waals surface area contributed by atoms with Gasteiger partial charge in [0.25, 0.3) is 11.1 Å². The quantitative estimate of drug-likeness (QED) is 0.677. The zero-order valence-corrected chi connectivity index (χ0v) is 15.8. The molecule has 1 aliphatic carbocycles. The molecular formula is C20H22N6O2. The molecule has 144 valence electrons. The Morgan fingerprint density at radius 1 is 1.21 bits per heavy atom. The third kappa shape index (κ3) is 2.71. The van der Waals surface area contributed by atoms with Gasteiger partial charge in [-0.15, -0.1) is 0 Å². The maximum atomic E-state index is 12.7. The van der Waals surface area contributed by atoms with E-state index in [0.29, 0.717) is 23.5 Å². The van der Waals surface area contributed by atoms with Gasteiger partial charge in [-0.3, -0.25) is 14.2 Å². The van der Waals surface area contributed by atoms with E-state index in [-0.39, 0.29) is 17.2 Å². The van der Waals surface area contributed by atoms with E-state index >= 15 is 0 Å². The van der Waals surface area contributed by atoms with Gasteiger partial charge in [0.1, 0.15) is 0 Å². The van der Waals surface area contributed by atoms with Crippen LogP contribution in [-0.4, -0.2) is 36.9 Å². The van der Waals surface area contributed by atoms with Crippen LogP contribution in [0.4, 0.5) is 5.95 Å². The van der Waals surface area contributed by atoms with E-state index in [1.165, 1.54) is 0 Å². The number of aromatic nitrogens is 5. The highest BCUT2D eigenvalue weighted by Crippen LogP contribution is 2.25. The second-order valence-corrected chi connectivity index (χ2v) is 7.63. The van der Waals surface area contributed by atoms with Crippen molar-refractivity contribution in [2.24, 2.45) is 7.05 Å². The molecule has 0 aromatic carbocycles. The van der Waals surface area contributed by atoms with Crippen molar-refractivity contribution in [1.29, 1.82) is 0 Å². The van der Waals surface area contributed by atoms with Crippen LogP contribution in [0.15, 0.2) is 34.0 Å². The normalized spacial score (nSPS) is 18.8. The number of rotatable bonds is 3. The van der Waals surface area contributed by atoms with Gasteiger partial charge in [0, 0.05) is 25.9 Å². The van der Waals surface area contributed by atoms with Crippen molar-refractivity contribution in [3.05, 3.63) is 56.4 Å². The summed E-state index contributed by atoms with van der Waals surface area (Å²) in [6.45, 7) is 1.30. The van der Waals surface area contributed by atoms with Crippen LogP contribution in [0, 0.1) is 0 Å². The first kappa shape index (κ1) is 17.1. The van der Waals surface area contributed by atoms with Crippen molar-refractivity contribution < 1.29 is 0 Å². The van der Waals surface area contributed by atoms with Gasteiger partial charge < -0.3 is 4.90 Å². The zero-order valence-electron chi connectivity index (χ0n) is 15.8. The Bertz CT molecular complexity index is 1180. The molecule has 3 aromatic heterocycles. The maximum absolute atomic E-state index is 12.7. The van der Waals surface area contributed by atoms with Crippen LogP contribution in [0.2, 0.25) is 0 Å². The van der Waals surface area contributed by atoms with Crippen LogP contribution in [0.3, 0.4) is 0 Å². The highest BCUT2D eigenvalue weighted by molar-refractivity contribution is 5.74. The molecule has 4 heterocycles.